The van der Waals surface area contributed by atoms with Crippen LogP contribution in [0, 0.1) is 5.41 Å². The zero-order chi connectivity index (χ0) is 19.4. The van der Waals surface area contributed by atoms with E-state index in [9.17, 15) is 9.59 Å². The van der Waals surface area contributed by atoms with Crippen molar-refractivity contribution >= 4 is 16.7 Å². The van der Waals surface area contributed by atoms with Gasteiger partial charge in [-0.25, -0.2) is 4.68 Å². The van der Waals surface area contributed by atoms with Gasteiger partial charge in [0, 0.05) is 18.0 Å². The second-order valence-corrected chi connectivity index (χ2v) is 7.79. The number of carbonyl (C=O) groups is 1. The predicted molar refractivity (Wildman–Crippen MR) is 105 cm³/mol. The summed E-state index contributed by atoms with van der Waals surface area (Å²) in [5, 5.41) is 8.79. The number of hydrogen-bond acceptors (Lipinski definition) is 4. The van der Waals surface area contributed by atoms with Crippen LogP contribution in [-0.2, 0) is 17.9 Å². The molecular formula is C21H24N4O2. The van der Waals surface area contributed by atoms with E-state index in [-0.39, 0.29) is 30.0 Å². The maximum atomic E-state index is 12.8. The van der Waals surface area contributed by atoms with Gasteiger partial charge in [-0.3, -0.25) is 14.6 Å². The van der Waals surface area contributed by atoms with Gasteiger partial charge < -0.3 is 5.32 Å². The normalized spacial score (nSPS) is 11.5. The Kier molecular flexibility index (Phi) is 5.35. The monoisotopic (exact) mass is 364 g/mol. The molecule has 0 aliphatic carbocycles. The molecule has 2 heterocycles. The van der Waals surface area contributed by atoms with Gasteiger partial charge in [-0.1, -0.05) is 45.0 Å². The minimum Gasteiger partial charge on any atom is -0.350 e. The lowest BCUT2D eigenvalue weighted by Crippen LogP contribution is -2.30. The van der Waals surface area contributed by atoms with E-state index in [1.165, 1.54) is 4.68 Å². The molecule has 1 aromatic carbocycles. The molecule has 0 saturated carbocycles. The summed E-state index contributed by atoms with van der Waals surface area (Å²) in [6.07, 6.45) is 2.12. The van der Waals surface area contributed by atoms with Gasteiger partial charge in [0.1, 0.15) is 0 Å². The fourth-order valence-corrected chi connectivity index (χ4v) is 2.91. The van der Waals surface area contributed by atoms with E-state index in [0.29, 0.717) is 17.5 Å². The number of nitrogens with zero attached hydrogens (tertiary/aromatic N) is 3. The summed E-state index contributed by atoms with van der Waals surface area (Å²) in [6, 6.07) is 12.9. The van der Waals surface area contributed by atoms with Crippen molar-refractivity contribution in [3.8, 4) is 0 Å². The van der Waals surface area contributed by atoms with Crippen LogP contribution in [-0.4, -0.2) is 20.7 Å². The maximum absolute atomic E-state index is 12.8. The van der Waals surface area contributed by atoms with Gasteiger partial charge in [0.15, 0.2) is 0 Å². The number of hydrogen-bond donors (Lipinski definition) is 1. The summed E-state index contributed by atoms with van der Waals surface area (Å²) in [5.41, 5.74) is 1.17. The largest absolute Gasteiger partial charge is 0.350 e. The number of fused-ring (bicyclic) bond motifs is 1. The Bertz CT molecular complexity index is 1000. The molecule has 6 heteroatoms. The van der Waals surface area contributed by atoms with Crippen molar-refractivity contribution in [3.05, 3.63) is 70.4 Å². The Morgan fingerprint density at radius 2 is 1.78 bits per heavy atom. The summed E-state index contributed by atoms with van der Waals surface area (Å²) in [6.45, 7) is 6.62. The zero-order valence-electron chi connectivity index (χ0n) is 15.9. The highest BCUT2D eigenvalue weighted by Gasteiger charge is 2.17. The van der Waals surface area contributed by atoms with E-state index in [1.54, 1.807) is 12.3 Å². The number of pyridine rings is 1. The second kappa shape index (κ2) is 7.70. The first-order chi connectivity index (χ1) is 12.8. The average molecular weight is 364 g/mol. The SMILES string of the molecule is CC(C)(C)CC(=O)NCc1nn(Cc2ccccn2)c(=O)c2ccccc12. The van der Waals surface area contributed by atoms with E-state index in [1.807, 2.05) is 57.2 Å². The minimum absolute atomic E-state index is 0.0316. The molecule has 0 fully saturated rings. The Balaban J connectivity index is 1.93. The van der Waals surface area contributed by atoms with Gasteiger partial charge in [-0.15, -0.1) is 0 Å². The van der Waals surface area contributed by atoms with Gasteiger partial charge >= 0.3 is 0 Å². The number of amides is 1. The highest BCUT2D eigenvalue weighted by Crippen LogP contribution is 2.18. The third kappa shape index (κ3) is 4.78. The number of rotatable bonds is 5. The van der Waals surface area contributed by atoms with Crippen LogP contribution in [0.15, 0.2) is 53.5 Å². The molecule has 1 N–H and O–H groups in total. The second-order valence-electron chi connectivity index (χ2n) is 7.79. The Hall–Kier alpha value is -3.02. The van der Waals surface area contributed by atoms with Gasteiger partial charge in [0.2, 0.25) is 5.91 Å². The predicted octanol–water partition coefficient (Wildman–Crippen LogP) is 2.89. The van der Waals surface area contributed by atoms with Gasteiger partial charge in [-0.2, -0.15) is 5.10 Å². The van der Waals surface area contributed by atoms with E-state index in [2.05, 4.69) is 15.4 Å². The van der Waals surface area contributed by atoms with Crippen LogP contribution in [0.1, 0.15) is 38.6 Å². The van der Waals surface area contributed by atoms with E-state index in [0.717, 1.165) is 11.1 Å². The van der Waals surface area contributed by atoms with Crippen molar-refractivity contribution in [3.63, 3.8) is 0 Å². The lowest BCUT2D eigenvalue weighted by atomic mass is 9.92. The number of carbonyl (C=O) groups excluding carboxylic acids is 1. The van der Waals surface area contributed by atoms with E-state index >= 15 is 0 Å². The molecule has 27 heavy (non-hydrogen) atoms. The lowest BCUT2D eigenvalue weighted by Gasteiger charge is -2.17. The van der Waals surface area contributed by atoms with Crippen molar-refractivity contribution in [2.75, 3.05) is 0 Å². The van der Waals surface area contributed by atoms with Crippen LogP contribution in [0.5, 0.6) is 0 Å². The molecule has 0 aliphatic heterocycles. The molecule has 0 atom stereocenters. The zero-order valence-corrected chi connectivity index (χ0v) is 15.9. The highest BCUT2D eigenvalue weighted by atomic mass is 16.1. The first-order valence-electron chi connectivity index (χ1n) is 8.99. The molecule has 0 spiro atoms. The van der Waals surface area contributed by atoms with Gasteiger partial charge in [0.25, 0.3) is 5.56 Å². The molecule has 140 valence electrons. The van der Waals surface area contributed by atoms with Crippen LogP contribution in [0.2, 0.25) is 0 Å². The molecule has 1 amide bonds. The summed E-state index contributed by atoms with van der Waals surface area (Å²) in [4.78, 5) is 29.3. The standard InChI is InChI=1S/C21H24N4O2/c1-21(2,3)12-19(26)23-13-18-16-9-4-5-10-17(16)20(27)25(24-18)14-15-8-6-7-11-22-15/h4-11H,12-14H2,1-3H3,(H,23,26). The van der Waals surface area contributed by atoms with Crippen molar-refractivity contribution < 1.29 is 4.79 Å². The smallest absolute Gasteiger partial charge is 0.275 e. The molecule has 3 aromatic rings. The van der Waals surface area contributed by atoms with Crippen LogP contribution < -0.4 is 10.9 Å². The summed E-state index contributed by atoms with van der Waals surface area (Å²) in [7, 11) is 0. The summed E-state index contributed by atoms with van der Waals surface area (Å²) in [5.74, 6) is -0.0316. The van der Waals surface area contributed by atoms with Crippen molar-refractivity contribution in [1.82, 2.24) is 20.1 Å². The fraction of sp³-hybridized carbons (Fsp3) is 0.333. The highest BCUT2D eigenvalue weighted by molar-refractivity contribution is 5.84. The Morgan fingerprint density at radius 3 is 2.44 bits per heavy atom. The topological polar surface area (TPSA) is 76.9 Å². The molecule has 0 aliphatic rings. The molecule has 3 rings (SSSR count). The van der Waals surface area contributed by atoms with Gasteiger partial charge in [-0.05, 0) is 23.6 Å². The maximum Gasteiger partial charge on any atom is 0.275 e. The van der Waals surface area contributed by atoms with Crippen LogP contribution in [0.3, 0.4) is 0 Å². The van der Waals surface area contributed by atoms with E-state index in [4.69, 9.17) is 0 Å². The van der Waals surface area contributed by atoms with Crippen molar-refractivity contribution in [1.29, 1.82) is 0 Å². The van der Waals surface area contributed by atoms with Crippen LogP contribution in [0.25, 0.3) is 10.8 Å². The number of benzene rings is 1. The van der Waals surface area contributed by atoms with E-state index < -0.39 is 0 Å². The van der Waals surface area contributed by atoms with Crippen molar-refractivity contribution in [2.24, 2.45) is 5.41 Å². The van der Waals surface area contributed by atoms with Gasteiger partial charge in [0.05, 0.1) is 29.9 Å². The number of aromatic nitrogens is 3. The lowest BCUT2D eigenvalue weighted by molar-refractivity contribution is -0.122. The summed E-state index contributed by atoms with van der Waals surface area (Å²) >= 11 is 0. The fourth-order valence-electron chi connectivity index (χ4n) is 2.91. The third-order valence-electron chi connectivity index (χ3n) is 4.13. The molecule has 2 aromatic heterocycles. The molecular weight excluding hydrogens is 340 g/mol. The first kappa shape index (κ1) is 18.8. The number of nitrogens with one attached hydrogen (secondary N) is 1. The first-order valence-corrected chi connectivity index (χ1v) is 8.99. The summed E-state index contributed by atoms with van der Waals surface area (Å²) < 4.78 is 1.41. The molecule has 0 bridgehead atoms. The molecule has 6 nitrogen and oxygen atoms in total. The third-order valence-corrected chi connectivity index (χ3v) is 4.13. The van der Waals surface area contributed by atoms with Crippen molar-refractivity contribution in [2.45, 2.75) is 40.3 Å². The van der Waals surface area contributed by atoms with Crippen LogP contribution >= 0.6 is 0 Å². The molecule has 0 saturated heterocycles. The van der Waals surface area contributed by atoms with Crippen LogP contribution in [0.4, 0.5) is 0 Å². The minimum atomic E-state index is -0.166. The molecule has 0 unspecified atom stereocenters. The average Bonchev–Trinajstić information content (AvgIpc) is 2.62. The molecule has 0 radical (unpaired) electrons. The quantitative estimate of drug-likeness (QED) is 0.755. The Morgan fingerprint density at radius 1 is 1.07 bits per heavy atom. The Labute approximate surface area is 158 Å².